The minimum Gasteiger partial charge on any atom is -0.465 e. The van der Waals surface area contributed by atoms with Gasteiger partial charge in [0.2, 0.25) is 0 Å². The van der Waals surface area contributed by atoms with E-state index in [-0.39, 0.29) is 25.2 Å². The van der Waals surface area contributed by atoms with Gasteiger partial charge in [0.05, 0.1) is 18.2 Å². The lowest BCUT2D eigenvalue weighted by Gasteiger charge is -2.22. The van der Waals surface area contributed by atoms with Gasteiger partial charge >= 0.3 is 12.1 Å². The number of carboxylic acid groups (broad SMARTS) is 1. The maximum absolute atomic E-state index is 11.6. The van der Waals surface area contributed by atoms with E-state index in [0.29, 0.717) is 18.7 Å². The van der Waals surface area contributed by atoms with Crippen molar-refractivity contribution in [1.29, 1.82) is 0 Å². The number of benzene rings is 1. The molecule has 7 heteroatoms. The summed E-state index contributed by atoms with van der Waals surface area (Å²) in [7, 11) is 1.61. The molecular formula is C15H20N2O5. The molecule has 1 aliphatic heterocycles. The Morgan fingerprint density at radius 2 is 2.27 bits per heavy atom. The molecule has 0 bridgehead atoms. The lowest BCUT2D eigenvalue weighted by Crippen LogP contribution is -2.36. The van der Waals surface area contributed by atoms with Crippen molar-refractivity contribution in [2.24, 2.45) is 0 Å². The van der Waals surface area contributed by atoms with Gasteiger partial charge in [-0.2, -0.15) is 0 Å². The van der Waals surface area contributed by atoms with Crippen LogP contribution < -0.4 is 10.6 Å². The summed E-state index contributed by atoms with van der Waals surface area (Å²) in [6.45, 7) is 3.53. The van der Waals surface area contributed by atoms with E-state index < -0.39 is 6.09 Å². The van der Waals surface area contributed by atoms with Crippen LogP contribution in [0.15, 0.2) is 12.1 Å². The predicted octanol–water partition coefficient (Wildman–Crippen LogP) is 1.21. The lowest BCUT2D eigenvalue weighted by atomic mass is 9.94. The summed E-state index contributed by atoms with van der Waals surface area (Å²) >= 11 is 0. The van der Waals surface area contributed by atoms with E-state index in [0.717, 1.165) is 16.7 Å². The number of fused-ring (bicyclic) bond motifs is 1. The molecule has 1 heterocycles. The van der Waals surface area contributed by atoms with Crippen LogP contribution in [0, 0.1) is 6.92 Å². The molecular weight excluding hydrogens is 288 g/mol. The molecule has 0 aliphatic carbocycles. The van der Waals surface area contributed by atoms with E-state index in [1.165, 1.54) is 0 Å². The zero-order valence-corrected chi connectivity index (χ0v) is 12.6. The van der Waals surface area contributed by atoms with Crippen molar-refractivity contribution >= 4 is 12.1 Å². The van der Waals surface area contributed by atoms with Crippen LogP contribution in [0.25, 0.3) is 0 Å². The maximum atomic E-state index is 11.6. The van der Waals surface area contributed by atoms with Gasteiger partial charge in [-0.25, -0.2) is 9.59 Å². The highest BCUT2D eigenvalue weighted by molar-refractivity contribution is 5.94. The topological polar surface area (TPSA) is 96.9 Å². The SMILES string of the molecule is COCCNC(CNC(=O)O)c1ccc2c(c1C)COC2=O. The third-order valence-electron chi connectivity index (χ3n) is 3.74. The number of carbonyl (C=O) groups excluding carboxylic acids is 1. The molecule has 0 saturated carbocycles. The van der Waals surface area contributed by atoms with Crippen LogP contribution in [0.4, 0.5) is 4.79 Å². The van der Waals surface area contributed by atoms with Crippen molar-refractivity contribution in [1.82, 2.24) is 10.6 Å². The Hall–Kier alpha value is -2.12. The van der Waals surface area contributed by atoms with E-state index in [2.05, 4.69) is 10.6 Å². The lowest BCUT2D eigenvalue weighted by molar-refractivity contribution is 0.0535. The highest BCUT2D eigenvalue weighted by Crippen LogP contribution is 2.28. The van der Waals surface area contributed by atoms with Crippen LogP contribution in [0.3, 0.4) is 0 Å². The fourth-order valence-electron chi connectivity index (χ4n) is 2.56. The first-order valence-electron chi connectivity index (χ1n) is 7.03. The van der Waals surface area contributed by atoms with E-state index >= 15 is 0 Å². The van der Waals surface area contributed by atoms with Gasteiger partial charge in [-0.3, -0.25) is 0 Å². The third-order valence-corrected chi connectivity index (χ3v) is 3.74. The molecule has 1 amide bonds. The van der Waals surface area contributed by atoms with Gasteiger partial charge in [0.25, 0.3) is 0 Å². The number of nitrogens with one attached hydrogen (secondary N) is 2. The summed E-state index contributed by atoms with van der Waals surface area (Å²) in [6, 6.07) is 3.38. The Kier molecular flexibility index (Phi) is 5.35. The number of hydrogen-bond acceptors (Lipinski definition) is 5. The van der Waals surface area contributed by atoms with Gasteiger partial charge in [-0.15, -0.1) is 0 Å². The zero-order valence-electron chi connectivity index (χ0n) is 12.6. The summed E-state index contributed by atoms with van der Waals surface area (Å²) in [4.78, 5) is 22.3. The van der Waals surface area contributed by atoms with Crippen molar-refractivity contribution in [2.45, 2.75) is 19.6 Å². The number of rotatable bonds is 7. The summed E-state index contributed by atoms with van der Waals surface area (Å²) in [5.41, 5.74) is 3.35. The summed E-state index contributed by atoms with van der Waals surface area (Å²) in [5, 5.41) is 14.5. The number of ether oxygens (including phenoxy) is 2. The first-order chi connectivity index (χ1) is 10.5. The molecule has 2 rings (SSSR count). The molecule has 0 radical (unpaired) electrons. The quantitative estimate of drug-likeness (QED) is 0.517. The van der Waals surface area contributed by atoms with E-state index in [1.54, 1.807) is 13.2 Å². The molecule has 0 aromatic heterocycles. The summed E-state index contributed by atoms with van der Waals surface area (Å²) in [5.74, 6) is -0.308. The molecule has 1 aromatic rings. The van der Waals surface area contributed by atoms with Gasteiger partial charge in [0.1, 0.15) is 6.61 Å². The highest BCUT2D eigenvalue weighted by Gasteiger charge is 2.26. The van der Waals surface area contributed by atoms with Crippen LogP contribution in [-0.4, -0.2) is 44.0 Å². The second kappa shape index (κ2) is 7.24. The standard InChI is InChI=1S/C15H20N2O5/c1-9-10(3-4-11-12(9)8-22-14(11)18)13(7-17-15(19)20)16-5-6-21-2/h3-4,13,16-17H,5-8H2,1-2H3,(H,19,20). The van der Waals surface area contributed by atoms with Crippen LogP contribution in [0.1, 0.15) is 33.1 Å². The van der Waals surface area contributed by atoms with Crippen LogP contribution in [0.5, 0.6) is 0 Å². The highest BCUT2D eigenvalue weighted by atomic mass is 16.5. The number of methoxy groups -OCH3 is 1. The summed E-state index contributed by atoms with van der Waals surface area (Å²) in [6.07, 6.45) is -1.07. The fraction of sp³-hybridized carbons (Fsp3) is 0.467. The van der Waals surface area contributed by atoms with Gasteiger partial charge in [0, 0.05) is 25.8 Å². The summed E-state index contributed by atoms with van der Waals surface area (Å²) < 4.78 is 10.1. The number of esters is 1. The average Bonchev–Trinajstić information content (AvgIpc) is 2.86. The second-order valence-corrected chi connectivity index (χ2v) is 5.07. The Morgan fingerprint density at radius 3 is 2.95 bits per heavy atom. The van der Waals surface area contributed by atoms with E-state index in [4.69, 9.17) is 14.6 Å². The number of hydrogen-bond donors (Lipinski definition) is 3. The fourth-order valence-corrected chi connectivity index (χ4v) is 2.56. The predicted molar refractivity (Wildman–Crippen MR) is 78.9 cm³/mol. The van der Waals surface area contributed by atoms with E-state index in [9.17, 15) is 9.59 Å². The number of amides is 1. The zero-order chi connectivity index (χ0) is 16.1. The molecule has 1 aliphatic rings. The molecule has 120 valence electrons. The molecule has 1 aromatic carbocycles. The van der Waals surface area contributed by atoms with Crippen LogP contribution in [-0.2, 0) is 16.1 Å². The van der Waals surface area contributed by atoms with Gasteiger partial charge in [-0.05, 0) is 24.1 Å². The van der Waals surface area contributed by atoms with Crippen molar-refractivity contribution in [3.63, 3.8) is 0 Å². The number of carbonyl (C=O) groups is 2. The Labute approximate surface area is 128 Å². The van der Waals surface area contributed by atoms with Gasteiger partial charge in [-0.1, -0.05) is 6.07 Å². The molecule has 1 atom stereocenters. The molecule has 0 spiro atoms. The first kappa shape index (κ1) is 16.3. The second-order valence-electron chi connectivity index (χ2n) is 5.07. The average molecular weight is 308 g/mol. The van der Waals surface area contributed by atoms with Gasteiger partial charge < -0.3 is 25.2 Å². The molecule has 7 nitrogen and oxygen atoms in total. The Bertz CT molecular complexity index is 573. The van der Waals surface area contributed by atoms with Crippen molar-refractivity contribution in [3.8, 4) is 0 Å². The van der Waals surface area contributed by atoms with Crippen molar-refractivity contribution < 1.29 is 24.2 Å². The largest absolute Gasteiger partial charge is 0.465 e. The molecule has 22 heavy (non-hydrogen) atoms. The van der Waals surface area contributed by atoms with Crippen LogP contribution in [0.2, 0.25) is 0 Å². The van der Waals surface area contributed by atoms with Crippen molar-refractivity contribution in [3.05, 3.63) is 34.4 Å². The minimum atomic E-state index is -1.07. The maximum Gasteiger partial charge on any atom is 0.404 e. The van der Waals surface area contributed by atoms with Crippen LogP contribution >= 0.6 is 0 Å². The first-order valence-corrected chi connectivity index (χ1v) is 7.03. The molecule has 3 N–H and O–H groups in total. The van der Waals surface area contributed by atoms with Crippen molar-refractivity contribution in [2.75, 3.05) is 26.8 Å². The third kappa shape index (κ3) is 3.55. The molecule has 0 fully saturated rings. The van der Waals surface area contributed by atoms with Gasteiger partial charge in [0.15, 0.2) is 0 Å². The monoisotopic (exact) mass is 308 g/mol. The van der Waals surface area contributed by atoms with E-state index in [1.807, 2.05) is 13.0 Å². The Balaban J connectivity index is 2.22. The minimum absolute atomic E-state index is 0.202. The number of cyclic esters (lactones) is 1. The smallest absolute Gasteiger partial charge is 0.404 e. The normalized spacial score (nSPS) is 14.4. The molecule has 0 saturated heterocycles. The molecule has 1 unspecified atom stereocenters. The Morgan fingerprint density at radius 1 is 1.50 bits per heavy atom.